The molecule has 0 radical (unpaired) electrons. The molecule has 1 fully saturated rings. The van der Waals surface area contributed by atoms with Gasteiger partial charge in [0.1, 0.15) is 17.1 Å². The van der Waals surface area contributed by atoms with E-state index in [1.807, 2.05) is 0 Å². The number of nitrogens with one attached hydrogen (secondary N) is 1. The lowest BCUT2D eigenvalue weighted by molar-refractivity contribution is -0.384. The number of furan rings is 1. The summed E-state index contributed by atoms with van der Waals surface area (Å²) in [4.78, 5) is 34.3. The molecule has 1 N–H and O–H groups in total. The highest BCUT2D eigenvalue weighted by Gasteiger charge is 2.46. The Balaban J connectivity index is 1.76. The van der Waals surface area contributed by atoms with Crippen LogP contribution < -0.4 is 5.32 Å². The fraction of sp³-hybridized carbons (Fsp3) is 0.235. The number of hydrogen-bond donors (Lipinski definition) is 1. The van der Waals surface area contributed by atoms with E-state index in [4.69, 9.17) is 4.42 Å². The van der Waals surface area contributed by atoms with E-state index in [1.165, 1.54) is 18.3 Å². The Morgan fingerprint density at radius 1 is 1.27 bits per heavy atom. The second-order valence-electron chi connectivity index (χ2n) is 5.98. The summed E-state index contributed by atoms with van der Waals surface area (Å²) < 4.78 is 5.59. The zero-order chi connectivity index (χ0) is 18.9. The zero-order valence-corrected chi connectivity index (χ0v) is 14.1. The van der Waals surface area contributed by atoms with Crippen molar-refractivity contribution in [2.45, 2.75) is 25.8 Å². The Labute approximate surface area is 148 Å². The van der Waals surface area contributed by atoms with Crippen LogP contribution in [0.1, 0.15) is 26.0 Å². The van der Waals surface area contributed by atoms with E-state index in [9.17, 15) is 19.7 Å². The van der Waals surface area contributed by atoms with Gasteiger partial charge in [-0.2, -0.15) is 5.10 Å². The van der Waals surface area contributed by atoms with Crippen molar-refractivity contribution in [2.75, 3.05) is 0 Å². The molecule has 0 bridgehead atoms. The highest BCUT2D eigenvalue weighted by atomic mass is 16.6. The van der Waals surface area contributed by atoms with Gasteiger partial charge in [0.2, 0.25) is 0 Å². The summed E-state index contributed by atoms with van der Waals surface area (Å²) in [6, 6.07) is 8.61. The number of hydrazone groups is 1. The molecule has 134 valence electrons. The molecule has 2 heterocycles. The van der Waals surface area contributed by atoms with Gasteiger partial charge in [-0.15, -0.1) is 5.01 Å². The van der Waals surface area contributed by atoms with Crippen molar-refractivity contribution in [3.63, 3.8) is 0 Å². The van der Waals surface area contributed by atoms with E-state index in [1.54, 1.807) is 38.1 Å². The molecule has 2 aromatic rings. The molecular weight excluding hydrogens is 340 g/mol. The molecule has 0 saturated carbocycles. The Kier molecular flexibility index (Phi) is 4.29. The van der Waals surface area contributed by atoms with Crippen LogP contribution in [0.4, 0.5) is 10.5 Å². The fourth-order valence-corrected chi connectivity index (χ4v) is 2.45. The van der Waals surface area contributed by atoms with E-state index in [0.717, 1.165) is 5.01 Å². The van der Waals surface area contributed by atoms with E-state index in [0.29, 0.717) is 23.5 Å². The van der Waals surface area contributed by atoms with Gasteiger partial charge in [-0.3, -0.25) is 14.9 Å². The molecule has 1 aromatic heterocycles. The highest BCUT2D eigenvalue weighted by Crippen LogP contribution is 2.25. The van der Waals surface area contributed by atoms with Crippen molar-refractivity contribution in [1.29, 1.82) is 0 Å². The van der Waals surface area contributed by atoms with Gasteiger partial charge >= 0.3 is 6.03 Å². The third kappa shape index (κ3) is 3.06. The first-order valence-electron chi connectivity index (χ1n) is 7.89. The number of nitrogens with zero attached hydrogens (tertiary/aromatic N) is 3. The van der Waals surface area contributed by atoms with Gasteiger partial charge in [0.15, 0.2) is 0 Å². The van der Waals surface area contributed by atoms with Crippen LogP contribution in [0.25, 0.3) is 11.3 Å². The first kappa shape index (κ1) is 17.3. The number of carbonyl (C=O) groups excluding carboxylic acids is 2. The summed E-state index contributed by atoms with van der Waals surface area (Å²) in [5.74, 6) is 0.393. The van der Waals surface area contributed by atoms with Crippen LogP contribution in [0.15, 0.2) is 45.9 Å². The molecular formula is C17H16N4O5. The molecule has 1 aliphatic rings. The molecule has 9 heteroatoms. The SMILES string of the molecule is CC[C@]1(C)NC(=O)N(/N=C\c2ccc(-c3ccc([N+](=O)[O-])cc3)o2)C1=O. The Morgan fingerprint density at radius 3 is 2.54 bits per heavy atom. The maximum Gasteiger partial charge on any atom is 0.346 e. The summed E-state index contributed by atoms with van der Waals surface area (Å²) in [5, 5.41) is 18.0. The molecule has 3 rings (SSSR count). The van der Waals surface area contributed by atoms with Crippen molar-refractivity contribution >= 4 is 23.8 Å². The van der Waals surface area contributed by atoms with Crippen molar-refractivity contribution in [1.82, 2.24) is 10.3 Å². The summed E-state index contributed by atoms with van der Waals surface area (Å²) in [7, 11) is 0. The maximum atomic E-state index is 12.2. The number of rotatable bonds is 5. The number of nitro benzene ring substituents is 1. The number of hydrogen-bond acceptors (Lipinski definition) is 6. The molecule has 1 saturated heterocycles. The number of nitro groups is 1. The normalized spacial score (nSPS) is 20.0. The molecule has 26 heavy (non-hydrogen) atoms. The van der Waals surface area contributed by atoms with Gasteiger partial charge in [-0.1, -0.05) is 6.92 Å². The van der Waals surface area contributed by atoms with Crippen LogP contribution in [-0.2, 0) is 4.79 Å². The lowest BCUT2D eigenvalue weighted by Gasteiger charge is -2.17. The zero-order valence-electron chi connectivity index (χ0n) is 14.1. The molecule has 9 nitrogen and oxygen atoms in total. The Bertz CT molecular complexity index is 902. The van der Waals surface area contributed by atoms with E-state index >= 15 is 0 Å². The van der Waals surface area contributed by atoms with Gasteiger partial charge in [0, 0.05) is 17.7 Å². The van der Waals surface area contributed by atoms with E-state index in [-0.39, 0.29) is 5.69 Å². The lowest BCUT2D eigenvalue weighted by atomic mass is 10.00. The van der Waals surface area contributed by atoms with Gasteiger partial charge in [0.05, 0.1) is 11.1 Å². The van der Waals surface area contributed by atoms with Crippen LogP contribution in [0.2, 0.25) is 0 Å². The largest absolute Gasteiger partial charge is 0.455 e. The van der Waals surface area contributed by atoms with Crippen molar-refractivity contribution in [3.05, 3.63) is 52.3 Å². The third-order valence-electron chi connectivity index (χ3n) is 4.24. The average Bonchev–Trinajstić information content (AvgIpc) is 3.18. The van der Waals surface area contributed by atoms with E-state index in [2.05, 4.69) is 10.4 Å². The summed E-state index contributed by atoms with van der Waals surface area (Å²) in [6.45, 7) is 3.44. The molecule has 0 spiro atoms. The lowest BCUT2D eigenvalue weighted by Crippen LogP contribution is -2.42. The molecule has 1 atom stereocenters. The second kappa shape index (κ2) is 6.43. The van der Waals surface area contributed by atoms with Gasteiger partial charge < -0.3 is 9.73 Å². The van der Waals surface area contributed by atoms with Gasteiger partial charge in [0.25, 0.3) is 11.6 Å². The molecule has 1 aliphatic heterocycles. The smallest absolute Gasteiger partial charge is 0.346 e. The Morgan fingerprint density at radius 2 is 1.96 bits per heavy atom. The van der Waals surface area contributed by atoms with Crippen LogP contribution >= 0.6 is 0 Å². The minimum absolute atomic E-state index is 0.0142. The minimum atomic E-state index is -0.957. The number of benzene rings is 1. The topological polar surface area (TPSA) is 118 Å². The highest BCUT2D eigenvalue weighted by molar-refractivity contribution is 6.07. The quantitative estimate of drug-likeness (QED) is 0.382. The average molecular weight is 356 g/mol. The first-order chi connectivity index (χ1) is 12.3. The van der Waals surface area contributed by atoms with Gasteiger partial charge in [-0.05, 0) is 37.6 Å². The van der Waals surface area contributed by atoms with Gasteiger partial charge in [-0.25, -0.2) is 4.79 Å². The van der Waals surface area contributed by atoms with Crippen molar-refractivity contribution in [2.24, 2.45) is 5.10 Å². The first-order valence-corrected chi connectivity index (χ1v) is 7.89. The number of imide groups is 1. The summed E-state index contributed by atoms with van der Waals surface area (Å²) in [6.07, 6.45) is 1.72. The number of non-ortho nitro benzene ring substituents is 1. The van der Waals surface area contributed by atoms with Crippen molar-refractivity contribution < 1.29 is 18.9 Å². The number of urea groups is 1. The summed E-state index contributed by atoms with van der Waals surface area (Å²) in [5.41, 5.74) is -0.315. The predicted molar refractivity (Wildman–Crippen MR) is 92.5 cm³/mol. The monoisotopic (exact) mass is 356 g/mol. The molecule has 3 amide bonds. The van der Waals surface area contributed by atoms with E-state index < -0.39 is 22.4 Å². The molecule has 0 unspecified atom stereocenters. The van der Waals surface area contributed by atoms with Crippen LogP contribution in [-0.4, -0.2) is 33.6 Å². The summed E-state index contributed by atoms with van der Waals surface area (Å²) >= 11 is 0. The third-order valence-corrected chi connectivity index (χ3v) is 4.24. The molecule has 1 aromatic carbocycles. The molecule has 0 aliphatic carbocycles. The van der Waals surface area contributed by atoms with Crippen molar-refractivity contribution in [3.8, 4) is 11.3 Å². The fourth-order valence-electron chi connectivity index (χ4n) is 2.45. The second-order valence-corrected chi connectivity index (χ2v) is 5.98. The predicted octanol–water partition coefficient (Wildman–Crippen LogP) is 2.91. The number of carbonyl (C=O) groups is 2. The van der Waals surface area contributed by atoms with Crippen LogP contribution in [0.5, 0.6) is 0 Å². The number of amides is 3. The minimum Gasteiger partial charge on any atom is -0.455 e. The standard InChI is InChI=1S/C17H16N4O5/c1-3-17(2)15(22)20(16(23)19-17)18-10-13-8-9-14(26-13)11-4-6-12(7-5-11)21(24)25/h4-10H,3H2,1-2H3,(H,19,23)/b18-10-/t17-/m0/s1. The van der Waals surface area contributed by atoms with Crippen LogP contribution in [0, 0.1) is 10.1 Å². The maximum absolute atomic E-state index is 12.2. The Hall–Kier alpha value is -3.49. The van der Waals surface area contributed by atoms with Crippen LogP contribution in [0.3, 0.4) is 0 Å².